The zero-order chi connectivity index (χ0) is 14.6. The maximum Gasteiger partial charge on any atom is 0.441 e. The summed E-state index contributed by atoms with van der Waals surface area (Å²) in [4.78, 5) is 0. The number of hydrogen-bond acceptors (Lipinski definition) is 6. The summed E-state index contributed by atoms with van der Waals surface area (Å²) < 4.78 is 37.4. The minimum Gasteiger partial charge on any atom is -0.508 e. The van der Waals surface area contributed by atoms with Crippen molar-refractivity contribution in [2.24, 2.45) is 0 Å². The van der Waals surface area contributed by atoms with Crippen LogP contribution in [0.4, 0.5) is 13.2 Å². The average Bonchev–Trinajstić information content (AvgIpc) is 2.83. The van der Waals surface area contributed by atoms with Crippen LogP contribution in [-0.2, 0) is 0 Å². The van der Waals surface area contributed by atoms with Crippen LogP contribution in [-0.4, -0.2) is 42.3 Å². The Bertz CT molecular complexity index is 558. The number of phenolic OH excluding ortho intramolecular Hbond substituents is 1. The molecule has 5 nitrogen and oxygen atoms in total. The SMILES string of the molecule is Oc1ccc(-n2nnnc2SCCSC(F)(F)F)cc1. The van der Waals surface area contributed by atoms with Crippen LogP contribution in [0.1, 0.15) is 0 Å². The molecule has 0 aliphatic rings. The molecular formula is C10H9F3N4OS2. The van der Waals surface area contributed by atoms with Gasteiger partial charge in [-0.2, -0.15) is 17.9 Å². The van der Waals surface area contributed by atoms with Crippen LogP contribution in [0, 0.1) is 0 Å². The van der Waals surface area contributed by atoms with E-state index in [0.717, 1.165) is 11.8 Å². The second kappa shape index (κ2) is 6.35. The molecule has 0 atom stereocenters. The van der Waals surface area contributed by atoms with Gasteiger partial charge < -0.3 is 5.11 Å². The second-order valence-electron chi connectivity index (χ2n) is 3.53. The van der Waals surface area contributed by atoms with Crippen LogP contribution < -0.4 is 0 Å². The van der Waals surface area contributed by atoms with E-state index < -0.39 is 5.51 Å². The van der Waals surface area contributed by atoms with Gasteiger partial charge in [0.25, 0.3) is 0 Å². The van der Waals surface area contributed by atoms with E-state index in [2.05, 4.69) is 15.5 Å². The molecule has 0 amide bonds. The van der Waals surface area contributed by atoms with Crippen LogP contribution >= 0.6 is 23.5 Å². The zero-order valence-electron chi connectivity index (χ0n) is 9.91. The van der Waals surface area contributed by atoms with Gasteiger partial charge in [-0.15, -0.1) is 5.10 Å². The third kappa shape index (κ3) is 4.30. The fraction of sp³-hybridized carbons (Fsp3) is 0.300. The molecule has 0 aliphatic heterocycles. The Morgan fingerprint density at radius 2 is 1.85 bits per heavy atom. The molecule has 1 N–H and O–H groups in total. The normalized spacial score (nSPS) is 11.8. The van der Waals surface area contributed by atoms with Crippen molar-refractivity contribution in [2.45, 2.75) is 10.7 Å². The van der Waals surface area contributed by atoms with E-state index in [4.69, 9.17) is 0 Å². The van der Waals surface area contributed by atoms with E-state index in [1.807, 2.05) is 0 Å². The molecule has 1 heterocycles. The summed E-state index contributed by atoms with van der Waals surface area (Å²) in [6.45, 7) is 0. The first-order valence-corrected chi connectivity index (χ1v) is 7.34. The Hall–Kier alpha value is -1.42. The minimum absolute atomic E-state index is 0.0727. The number of alkyl halides is 3. The highest BCUT2D eigenvalue weighted by Gasteiger charge is 2.27. The van der Waals surface area contributed by atoms with Gasteiger partial charge in [0.05, 0.1) is 5.69 Å². The largest absolute Gasteiger partial charge is 0.508 e. The lowest BCUT2D eigenvalue weighted by Crippen LogP contribution is -2.03. The number of phenols is 1. The Balaban J connectivity index is 1.97. The molecule has 1 aromatic carbocycles. The standard InChI is InChI=1S/C10H9F3N4OS2/c11-10(12,13)20-6-5-19-9-14-15-16-17(9)7-1-3-8(18)4-2-7/h1-4,18H,5-6H2. The molecule has 0 bridgehead atoms. The summed E-state index contributed by atoms with van der Waals surface area (Å²) in [6, 6.07) is 6.18. The monoisotopic (exact) mass is 322 g/mol. The maximum absolute atomic E-state index is 12.0. The summed E-state index contributed by atoms with van der Waals surface area (Å²) >= 11 is 1.06. The Morgan fingerprint density at radius 3 is 2.50 bits per heavy atom. The molecule has 0 saturated carbocycles. The van der Waals surface area contributed by atoms with Gasteiger partial charge in [-0.05, 0) is 34.7 Å². The van der Waals surface area contributed by atoms with Gasteiger partial charge in [-0.3, -0.25) is 0 Å². The van der Waals surface area contributed by atoms with Crippen LogP contribution in [0.2, 0.25) is 0 Å². The lowest BCUT2D eigenvalue weighted by atomic mass is 10.3. The van der Waals surface area contributed by atoms with Crippen molar-refractivity contribution < 1.29 is 18.3 Å². The molecular weight excluding hydrogens is 313 g/mol. The predicted molar refractivity (Wildman–Crippen MR) is 70.1 cm³/mol. The van der Waals surface area contributed by atoms with Crippen LogP contribution in [0.25, 0.3) is 5.69 Å². The number of benzene rings is 1. The molecule has 108 valence electrons. The fourth-order valence-electron chi connectivity index (χ4n) is 1.32. The van der Waals surface area contributed by atoms with Crippen molar-refractivity contribution in [2.75, 3.05) is 11.5 Å². The van der Waals surface area contributed by atoms with Gasteiger partial charge in [0.15, 0.2) is 0 Å². The van der Waals surface area contributed by atoms with Crippen molar-refractivity contribution >= 4 is 23.5 Å². The van der Waals surface area contributed by atoms with E-state index >= 15 is 0 Å². The van der Waals surface area contributed by atoms with Crippen LogP contribution in [0.3, 0.4) is 0 Å². The molecule has 0 aliphatic carbocycles. The first-order chi connectivity index (χ1) is 9.46. The van der Waals surface area contributed by atoms with Crippen molar-refractivity contribution in [1.29, 1.82) is 0 Å². The number of rotatable bonds is 5. The first kappa shape index (κ1) is 15.0. The number of halogens is 3. The van der Waals surface area contributed by atoms with E-state index in [1.54, 1.807) is 12.1 Å². The van der Waals surface area contributed by atoms with E-state index in [1.165, 1.54) is 16.8 Å². The number of aromatic hydroxyl groups is 1. The lowest BCUT2D eigenvalue weighted by molar-refractivity contribution is -0.0326. The Kier molecular flexibility index (Phi) is 4.76. The lowest BCUT2D eigenvalue weighted by Gasteiger charge is -2.06. The molecule has 0 spiro atoms. The maximum atomic E-state index is 12.0. The molecule has 0 fully saturated rings. The number of aromatic nitrogens is 4. The summed E-state index contributed by atoms with van der Waals surface area (Å²) in [5.41, 5.74) is -3.59. The van der Waals surface area contributed by atoms with Crippen molar-refractivity contribution in [3.8, 4) is 11.4 Å². The predicted octanol–water partition coefficient (Wildman–Crippen LogP) is 2.71. The number of tetrazole rings is 1. The van der Waals surface area contributed by atoms with Crippen LogP contribution in [0.15, 0.2) is 29.4 Å². The number of hydrogen-bond donors (Lipinski definition) is 1. The number of thioether (sulfide) groups is 2. The molecule has 10 heteroatoms. The first-order valence-electron chi connectivity index (χ1n) is 5.37. The quantitative estimate of drug-likeness (QED) is 0.674. The molecule has 20 heavy (non-hydrogen) atoms. The van der Waals surface area contributed by atoms with Crippen molar-refractivity contribution in [3.05, 3.63) is 24.3 Å². The minimum atomic E-state index is -4.22. The summed E-state index contributed by atoms with van der Waals surface area (Å²) in [5.74, 6) is 0.275. The highest BCUT2D eigenvalue weighted by atomic mass is 32.2. The summed E-state index contributed by atoms with van der Waals surface area (Å²) in [6.07, 6.45) is 0. The van der Waals surface area contributed by atoms with Crippen molar-refractivity contribution in [1.82, 2.24) is 20.2 Å². The summed E-state index contributed by atoms with van der Waals surface area (Å²) in [5, 5.41) is 20.6. The highest BCUT2D eigenvalue weighted by Crippen LogP contribution is 2.31. The van der Waals surface area contributed by atoms with Crippen molar-refractivity contribution in [3.63, 3.8) is 0 Å². The fourth-order valence-corrected chi connectivity index (χ4v) is 2.75. The molecule has 2 aromatic rings. The highest BCUT2D eigenvalue weighted by molar-refractivity contribution is 8.03. The Morgan fingerprint density at radius 1 is 1.15 bits per heavy atom. The molecule has 0 unspecified atom stereocenters. The van der Waals surface area contributed by atoms with Gasteiger partial charge >= 0.3 is 5.51 Å². The van der Waals surface area contributed by atoms with Gasteiger partial charge in [0.2, 0.25) is 5.16 Å². The molecule has 0 saturated heterocycles. The van der Waals surface area contributed by atoms with E-state index in [9.17, 15) is 18.3 Å². The molecule has 2 rings (SSSR count). The third-order valence-corrected chi connectivity index (χ3v) is 4.03. The van der Waals surface area contributed by atoms with E-state index in [-0.39, 0.29) is 29.0 Å². The number of nitrogens with zero attached hydrogens (tertiary/aromatic N) is 4. The average molecular weight is 322 g/mol. The smallest absolute Gasteiger partial charge is 0.441 e. The molecule has 1 aromatic heterocycles. The van der Waals surface area contributed by atoms with Gasteiger partial charge in [-0.1, -0.05) is 23.5 Å². The summed E-state index contributed by atoms with van der Waals surface area (Å²) in [7, 11) is 0. The Labute approximate surface area is 120 Å². The zero-order valence-corrected chi connectivity index (χ0v) is 11.5. The van der Waals surface area contributed by atoms with Gasteiger partial charge in [0, 0.05) is 11.5 Å². The third-order valence-electron chi connectivity index (χ3n) is 2.12. The van der Waals surface area contributed by atoms with Crippen LogP contribution in [0.5, 0.6) is 5.75 Å². The van der Waals surface area contributed by atoms with Gasteiger partial charge in [0.1, 0.15) is 5.75 Å². The topological polar surface area (TPSA) is 63.8 Å². The second-order valence-corrected chi connectivity index (χ2v) is 5.75. The van der Waals surface area contributed by atoms with Gasteiger partial charge in [-0.25, -0.2) is 0 Å². The van der Waals surface area contributed by atoms with E-state index in [0.29, 0.717) is 10.8 Å². The molecule has 0 radical (unpaired) electrons.